The van der Waals surface area contributed by atoms with E-state index in [-0.39, 0.29) is 5.82 Å². The Balaban J connectivity index is 1.87. The van der Waals surface area contributed by atoms with Crippen LogP contribution in [0.1, 0.15) is 19.4 Å². The third kappa shape index (κ3) is 2.98. The first kappa shape index (κ1) is 13.8. The van der Waals surface area contributed by atoms with Crippen molar-refractivity contribution in [3.8, 4) is 11.3 Å². The Hall–Kier alpha value is -2.13. The molecular formula is C18H18FNO. The van der Waals surface area contributed by atoms with Crippen LogP contribution in [0.2, 0.25) is 0 Å². The molecule has 0 unspecified atom stereocenters. The molecule has 0 radical (unpaired) electrons. The molecule has 0 fully saturated rings. The number of para-hydroxylation sites is 1. The number of rotatable bonds is 4. The van der Waals surface area contributed by atoms with Crippen molar-refractivity contribution >= 4 is 11.0 Å². The number of furan rings is 1. The second kappa shape index (κ2) is 5.70. The van der Waals surface area contributed by atoms with Crippen molar-refractivity contribution < 1.29 is 8.81 Å². The fourth-order valence-electron chi connectivity index (χ4n) is 2.28. The summed E-state index contributed by atoms with van der Waals surface area (Å²) in [5, 5.41) is 4.16. The normalized spacial score (nSPS) is 11.4. The van der Waals surface area contributed by atoms with Crippen LogP contribution < -0.4 is 5.32 Å². The van der Waals surface area contributed by atoms with Crippen LogP contribution in [0.3, 0.4) is 0 Å². The van der Waals surface area contributed by atoms with Gasteiger partial charge in [-0.25, -0.2) is 4.39 Å². The average Bonchev–Trinajstić information content (AvgIpc) is 2.91. The molecule has 2 nitrogen and oxygen atoms in total. The van der Waals surface area contributed by atoms with E-state index in [1.807, 2.05) is 24.3 Å². The fourth-order valence-corrected chi connectivity index (χ4v) is 2.28. The van der Waals surface area contributed by atoms with Crippen molar-refractivity contribution in [3.63, 3.8) is 0 Å². The van der Waals surface area contributed by atoms with E-state index in [2.05, 4.69) is 31.3 Å². The zero-order valence-electron chi connectivity index (χ0n) is 12.2. The maximum atomic E-state index is 13.7. The van der Waals surface area contributed by atoms with Gasteiger partial charge in [-0.2, -0.15) is 0 Å². The Bertz CT molecular complexity index is 744. The van der Waals surface area contributed by atoms with Crippen LogP contribution in [0.15, 0.2) is 52.9 Å². The van der Waals surface area contributed by atoms with Gasteiger partial charge in [0, 0.05) is 23.5 Å². The lowest BCUT2D eigenvalue weighted by molar-refractivity contribution is 0.568. The molecule has 1 N–H and O–H groups in total. The second-order valence-corrected chi connectivity index (χ2v) is 5.50. The number of hydrogen-bond donors (Lipinski definition) is 1. The summed E-state index contributed by atoms with van der Waals surface area (Å²) in [5.74, 6) is 0.370. The van der Waals surface area contributed by atoms with Gasteiger partial charge in [-0.3, -0.25) is 0 Å². The summed E-state index contributed by atoms with van der Waals surface area (Å²) in [7, 11) is 0. The molecule has 3 heteroatoms. The predicted molar refractivity (Wildman–Crippen MR) is 83.6 cm³/mol. The van der Waals surface area contributed by atoms with Crippen LogP contribution in [0.4, 0.5) is 4.39 Å². The monoisotopic (exact) mass is 283 g/mol. The van der Waals surface area contributed by atoms with Gasteiger partial charge in [-0.05, 0) is 17.7 Å². The largest absolute Gasteiger partial charge is 0.453 e. The Morgan fingerprint density at radius 3 is 2.52 bits per heavy atom. The Kier molecular flexibility index (Phi) is 3.76. The zero-order valence-corrected chi connectivity index (χ0v) is 12.2. The van der Waals surface area contributed by atoms with Crippen LogP contribution in [0.5, 0.6) is 0 Å². The molecular weight excluding hydrogens is 265 g/mol. The summed E-state index contributed by atoms with van der Waals surface area (Å²) in [6.45, 7) is 5.08. The van der Waals surface area contributed by atoms with E-state index >= 15 is 0 Å². The summed E-state index contributed by atoms with van der Waals surface area (Å²) in [6.07, 6.45) is 0. The predicted octanol–water partition coefficient (Wildman–Crippen LogP) is 4.74. The molecule has 2 aromatic carbocycles. The molecule has 0 amide bonds. The molecule has 0 aliphatic rings. The molecule has 0 aliphatic carbocycles. The molecule has 0 saturated carbocycles. The minimum absolute atomic E-state index is 0.318. The average molecular weight is 283 g/mol. The lowest BCUT2D eigenvalue weighted by Crippen LogP contribution is -2.21. The van der Waals surface area contributed by atoms with E-state index in [1.54, 1.807) is 6.07 Å². The summed E-state index contributed by atoms with van der Waals surface area (Å²) in [4.78, 5) is 0. The van der Waals surface area contributed by atoms with Gasteiger partial charge in [0.25, 0.3) is 0 Å². The highest BCUT2D eigenvalue weighted by Gasteiger charge is 2.09. The van der Waals surface area contributed by atoms with Crippen LogP contribution in [0, 0.1) is 5.82 Å². The fraction of sp³-hybridized carbons (Fsp3) is 0.222. The van der Waals surface area contributed by atoms with Crippen molar-refractivity contribution in [3.05, 3.63) is 59.9 Å². The van der Waals surface area contributed by atoms with Gasteiger partial charge in [0.15, 0.2) is 11.4 Å². The quantitative estimate of drug-likeness (QED) is 0.748. The van der Waals surface area contributed by atoms with Gasteiger partial charge in [0.05, 0.1) is 0 Å². The third-order valence-corrected chi connectivity index (χ3v) is 3.45. The van der Waals surface area contributed by atoms with Crippen molar-refractivity contribution in [2.45, 2.75) is 26.4 Å². The molecule has 3 rings (SSSR count). The van der Waals surface area contributed by atoms with Gasteiger partial charge in [0.1, 0.15) is 5.76 Å². The molecule has 0 aliphatic heterocycles. The van der Waals surface area contributed by atoms with Crippen LogP contribution >= 0.6 is 0 Å². The number of benzene rings is 2. The first-order valence-corrected chi connectivity index (χ1v) is 7.14. The molecule has 21 heavy (non-hydrogen) atoms. The number of halogens is 1. The Labute approximate surface area is 123 Å². The number of fused-ring (bicyclic) bond motifs is 1. The summed E-state index contributed by atoms with van der Waals surface area (Å²) < 4.78 is 19.3. The molecule has 1 aromatic heterocycles. The molecule has 1 heterocycles. The topological polar surface area (TPSA) is 25.2 Å². The molecule has 3 aromatic rings. The minimum atomic E-state index is -0.323. The first-order chi connectivity index (χ1) is 10.1. The van der Waals surface area contributed by atoms with Gasteiger partial charge in [-0.1, -0.05) is 50.2 Å². The van der Waals surface area contributed by atoms with Crippen molar-refractivity contribution in [2.75, 3.05) is 0 Å². The van der Waals surface area contributed by atoms with E-state index in [0.29, 0.717) is 17.4 Å². The third-order valence-electron chi connectivity index (χ3n) is 3.45. The Morgan fingerprint density at radius 1 is 1.10 bits per heavy atom. The first-order valence-electron chi connectivity index (χ1n) is 7.14. The summed E-state index contributed by atoms with van der Waals surface area (Å²) in [5.41, 5.74) is 2.49. The van der Waals surface area contributed by atoms with E-state index in [4.69, 9.17) is 4.42 Å². The van der Waals surface area contributed by atoms with Gasteiger partial charge in [0.2, 0.25) is 0 Å². The van der Waals surface area contributed by atoms with Gasteiger partial charge >= 0.3 is 0 Å². The molecule has 108 valence electrons. The number of nitrogens with one attached hydrogen (secondary N) is 1. The highest BCUT2D eigenvalue weighted by atomic mass is 19.1. The van der Waals surface area contributed by atoms with Crippen molar-refractivity contribution in [1.82, 2.24) is 5.32 Å². The maximum absolute atomic E-state index is 13.7. The highest BCUT2D eigenvalue weighted by molar-refractivity contribution is 5.83. The lowest BCUT2D eigenvalue weighted by atomic mass is 10.1. The van der Waals surface area contributed by atoms with Crippen LogP contribution in [-0.4, -0.2) is 6.04 Å². The van der Waals surface area contributed by atoms with Gasteiger partial charge < -0.3 is 9.73 Å². The number of hydrogen-bond acceptors (Lipinski definition) is 2. The SMILES string of the molecule is CC(C)NCc1ccc(-c2cc3cccc(F)c3o2)cc1. The highest BCUT2D eigenvalue weighted by Crippen LogP contribution is 2.29. The summed E-state index contributed by atoms with van der Waals surface area (Å²) in [6, 6.07) is 15.4. The van der Waals surface area contributed by atoms with Crippen molar-refractivity contribution in [2.24, 2.45) is 0 Å². The minimum Gasteiger partial charge on any atom is -0.453 e. The standard InChI is InChI=1S/C18H18FNO/c1-12(2)20-11-13-6-8-14(9-7-13)17-10-15-4-3-5-16(19)18(15)21-17/h3-10,12,20H,11H2,1-2H3. The van der Waals surface area contributed by atoms with E-state index < -0.39 is 0 Å². The van der Waals surface area contributed by atoms with Crippen LogP contribution in [0.25, 0.3) is 22.3 Å². The van der Waals surface area contributed by atoms with Crippen molar-refractivity contribution in [1.29, 1.82) is 0 Å². The van der Waals surface area contributed by atoms with E-state index in [9.17, 15) is 4.39 Å². The van der Waals surface area contributed by atoms with Crippen LogP contribution in [-0.2, 0) is 6.54 Å². The van der Waals surface area contributed by atoms with E-state index in [0.717, 1.165) is 17.5 Å². The van der Waals surface area contributed by atoms with Gasteiger partial charge in [-0.15, -0.1) is 0 Å². The molecule has 0 atom stereocenters. The van der Waals surface area contributed by atoms with E-state index in [1.165, 1.54) is 11.6 Å². The molecule has 0 saturated heterocycles. The second-order valence-electron chi connectivity index (χ2n) is 5.50. The smallest absolute Gasteiger partial charge is 0.170 e. The summed E-state index contributed by atoms with van der Waals surface area (Å²) >= 11 is 0. The molecule has 0 spiro atoms. The molecule has 0 bridgehead atoms. The Morgan fingerprint density at radius 2 is 1.86 bits per heavy atom. The zero-order chi connectivity index (χ0) is 14.8. The maximum Gasteiger partial charge on any atom is 0.170 e. The lowest BCUT2D eigenvalue weighted by Gasteiger charge is -2.08.